The van der Waals surface area contributed by atoms with Crippen LogP contribution in [0.3, 0.4) is 0 Å². The highest BCUT2D eigenvalue weighted by Gasteiger charge is 2.47. The molecular weight excluding hydrogens is 1130 g/mol. The molecular formula is C50H26BF24NO3. The molecule has 0 saturated carbocycles. The molecule has 0 unspecified atom stereocenters. The van der Waals surface area contributed by atoms with Gasteiger partial charge in [-0.25, -0.2) is 4.79 Å². The molecule has 0 bridgehead atoms. The number of halogens is 24. The molecule has 79 heavy (non-hydrogen) atoms. The molecule has 1 N–H and O–H groups in total. The fourth-order valence-electron chi connectivity index (χ4n) is 8.52. The van der Waals surface area contributed by atoms with E-state index in [1.54, 1.807) is 47.2 Å². The van der Waals surface area contributed by atoms with Gasteiger partial charge in [-0.3, -0.25) is 4.79 Å². The second kappa shape index (κ2) is 20.8. The Bertz CT molecular complexity index is 2990. The van der Waals surface area contributed by atoms with Crippen molar-refractivity contribution in [3.63, 3.8) is 0 Å². The molecule has 4 nitrogen and oxygen atoms in total. The fourth-order valence-corrected chi connectivity index (χ4v) is 8.52. The van der Waals surface area contributed by atoms with Crippen molar-refractivity contribution in [2.45, 2.75) is 56.0 Å². The highest BCUT2D eigenvalue weighted by molar-refractivity contribution is 7.20. The molecule has 1 heterocycles. The van der Waals surface area contributed by atoms with Gasteiger partial charge in [-0.15, -0.1) is 0 Å². The zero-order chi connectivity index (χ0) is 59.4. The van der Waals surface area contributed by atoms with Gasteiger partial charge in [-0.1, -0.05) is 97.1 Å². The SMILES string of the molecule is FC(F)(F)c1cc([B-](c2cc(C(F)(F)F)cc(C(F)(F)F)c2)(c2cc(C(F)(F)F)cc(C(F)(F)F)c2)c2cc(C(F)(F)F)cc(C(F)(F)F)c2)cc(C(F)(F)F)c1.O=C(C[n+]1cc(C(=O)O)c2ccccc2c1)c1ccccc1. The Morgan fingerprint density at radius 2 is 0.633 bits per heavy atom. The number of carboxylic acids is 1. The number of rotatable bonds is 8. The van der Waals surface area contributed by atoms with Crippen molar-refractivity contribution in [2.75, 3.05) is 0 Å². The van der Waals surface area contributed by atoms with Gasteiger partial charge >= 0.3 is 55.4 Å². The normalized spacial score (nSPS) is 13.3. The van der Waals surface area contributed by atoms with Crippen LogP contribution in [0.4, 0.5) is 105 Å². The van der Waals surface area contributed by atoms with E-state index in [0.717, 1.165) is 5.39 Å². The number of pyridine rings is 1. The number of carbonyl (C=O) groups is 2. The summed E-state index contributed by atoms with van der Waals surface area (Å²) in [6, 6.07) is 7.41. The lowest BCUT2D eigenvalue weighted by Crippen LogP contribution is -2.75. The molecule has 0 radical (unpaired) electrons. The first-order chi connectivity index (χ1) is 35.9. The lowest BCUT2D eigenvalue weighted by molar-refractivity contribution is -0.682. The first-order valence-corrected chi connectivity index (χ1v) is 21.5. The third-order valence-corrected chi connectivity index (χ3v) is 11.9. The molecule has 0 fully saturated rings. The standard InChI is InChI=1S/C32H12BF24.C18H13NO3/c34-25(35,36)13-1-14(26(37,38)39)6-21(5-13)33(22-7-15(27(40,41)42)2-16(8-22)28(43,44)45,23-9-17(29(46,47)48)3-18(10-23)30(49,50)51)24-11-19(31(52,53)54)4-20(12-24)32(55,56)57;20-17(13-6-2-1-3-7-13)12-19-10-14-8-4-5-9-15(14)16(11-19)18(21)22/h1-12H;1-11H,12H2/q-1;/p+1. The molecule has 0 aliphatic heterocycles. The first kappa shape index (κ1) is 60.5. The number of benzene rings is 6. The van der Waals surface area contributed by atoms with Gasteiger partial charge in [0.2, 0.25) is 12.3 Å². The summed E-state index contributed by atoms with van der Waals surface area (Å²) in [5.74, 6) is -1.06. The molecule has 1 aromatic heterocycles. The molecule has 0 amide bonds. The van der Waals surface area contributed by atoms with Gasteiger partial charge in [0.25, 0.3) is 0 Å². The third-order valence-electron chi connectivity index (χ3n) is 11.9. The van der Waals surface area contributed by atoms with Crippen LogP contribution in [0.5, 0.6) is 0 Å². The molecule has 0 aliphatic carbocycles. The van der Waals surface area contributed by atoms with Crippen LogP contribution in [0.15, 0.2) is 140 Å². The number of nitrogens with zero attached hydrogens (tertiary/aromatic N) is 1. The Balaban J connectivity index is 0.000000378. The van der Waals surface area contributed by atoms with Crippen molar-refractivity contribution < 1.29 is 125 Å². The van der Waals surface area contributed by atoms with E-state index in [0.29, 0.717) is 10.9 Å². The van der Waals surface area contributed by atoms with E-state index in [1.165, 1.54) is 6.20 Å². The molecule has 0 aliphatic rings. The maximum atomic E-state index is 14.2. The maximum absolute atomic E-state index is 14.2. The number of carbonyl (C=O) groups excluding carboxylic acids is 1. The minimum atomic E-state index is -6.13. The smallest absolute Gasteiger partial charge is 0.416 e. The minimum absolute atomic E-state index is 0.0581. The summed E-state index contributed by atoms with van der Waals surface area (Å²) >= 11 is 0. The molecule has 6 aromatic carbocycles. The summed E-state index contributed by atoms with van der Waals surface area (Å²) < 4.78 is 342. The molecule has 0 saturated heterocycles. The summed E-state index contributed by atoms with van der Waals surface area (Å²) in [6.45, 7) is 0.106. The number of alkyl halides is 24. The van der Waals surface area contributed by atoms with Crippen molar-refractivity contribution in [1.29, 1.82) is 0 Å². The van der Waals surface area contributed by atoms with Crippen molar-refractivity contribution in [2.24, 2.45) is 0 Å². The number of aromatic nitrogens is 1. The van der Waals surface area contributed by atoms with Crippen molar-refractivity contribution >= 4 is 50.5 Å². The molecule has 0 atom stereocenters. The van der Waals surface area contributed by atoms with Crippen LogP contribution in [-0.2, 0) is 56.0 Å². The predicted molar refractivity (Wildman–Crippen MR) is 232 cm³/mol. The van der Waals surface area contributed by atoms with Crippen LogP contribution in [0.25, 0.3) is 10.8 Å². The van der Waals surface area contributed by atoms with E-state index >= 15 is 0 Å². The zero-order valence-corrected chi connectivity index (χ0v) is 38.3. The Kier molecular flexibility index (Phi) is 15.9. The predicted octanol–water partition coefficient (Wildman–Crippen LogP) is 13.9. The number of aromatic carboxylic acids is 1. The highest BCUT2D eigenvalue weighted by atomic mass is 19.4. The van der Waals surface area contributed by atoms with Crippen LogP contribution in [-0.4, -0.2) is 23.0 Å². The van der Waals surface area contributed by atoms with Crippen LogP contribution < -0.4 is 26.4 Å². The molecule has 29 heteroatoms. The Morgan fingerprint density at radius 3 is 0.899 bits per heavy atom. The third kappa shape index (κ3) is 13.6. The van der Waals surface area contributed by atoms with E-state index in [-0.39, 0.29) is 17.9 Å². The Morgan fingerprint density at radius 1 is 0.367 bits per heavy atom. The van der Waals surface area contributed by atoms with Crippen LogP contribution in [0.1, 0.15) is 65.2 Å². The lowest BCUT2D eigenvalue weighted by Gasteiger charge is -2.46. The van der Waals surface area contributed by atoms with E-state index < -0.39 is 201 Å². The second-order valence-electron chi connectivity index (χ2n) is 17.2. The van der Waals surface area contributed by atoms with Gasteiger partial charge in [0, 0.05) is 16.3 Å². The summed E-state index contributed by atoms with van der Waals surface area (Å²) in [6.07, 6.45) is -51.5. The maximum Gasteiger partial charge on any atom is 0.416 e. The number of fused-ring (bicyclic) bond motifs is 1. The van der Waals surface area contributed by atoms with E-state index in [2.05, 4.69) is 0 Å². The largest absolute Gasteiger partial charge is 0.477 e. The van der Waals surface area contributed by atoms with E-state index in [9.17, 15) is 120 Å². The van der Waals surface area contributed by atoms with E-state index in [4.69, 9.17) is 0 Å². The Labute approximate surface area is 426 Å². The van der Waals surface area contributed by atoms with Crippen LogP contribution in [0, 0.1) is 0 Å². The zero-order valence-electron chi connectivity index (χ0n) is 38.3. The molecule has 0 spiro atoms. The number of hydrogen-bond acceptors (Lipinski definition) is 2. The van der Waals surface area contributed by atoms with E-state index in [1.807, 2.05) is 18.2 Å². The highest BCUT2D eigenvalue weighted by Crippen LogP contribution is 2.41. The average molecular weight is 1160 g/mol. The summed E-state index contributed by atoms with van der Waals surface area (Å²) in [7, 11) is 0. The van der Waals surface area contributed by atoms with Gasteiger partial charge < -0.3 is 5.11 Å². The molecule has 420 valence electrons. The summed E-state index contributed by atoms with van der Waals surface area (Å²) in [5.41, 5.74) is -29.4. The first-order valence-electron chi connectivity index (χ1n) is 21.5. The van der Waals surface area contributed by atoms with Crippen molar-refractivity contribution in [3.05, 3.63) is 195 Å². The number of Topliss-reactive ketones (excluding diaryl/α,β-unsaturated/α-hetero) is 1. The Hall–Kier alpha value is -7.75. The van der Waals surface area contributed by atoms with Crippen LogP contribution >= 0.6 is 0 Å². The van der Waals surface area contributed by atoms with Gasteiger partial charge in [-0.2, -0.15) is 132 Å². The fraction of sp³-hybridized carbons (Fsp3) is 0.180. The summed E-state index contributed by atoms with van der Waals surface area (Å²) in [5, 5.41) is 10.8. The van der Waals surface area contributed by atoms with Crippen molar-refractivity contribution in [3.8, 4) is 0 Å². The lowest BCUT2D eigenvalue weighted by atomic mass is 9.12. The second-order valence-corrected chi connectivity index (χ2v) is 17.2. The van der Waals surface area contributed by atoms with Gasteiger partial charge in [0.1, 0.15) is 11.7 Å². The molecule has 7 rings (SSSR count). The van der Waals surface area contributed by atoms with Crippen LogP contribution in [0.2, 0.25) is 0 Å². The summed E-state index contributed by atoms with van der Waals surface area (Å²) in [4.78, 5) is 23.7. The average Bonchev–Trinajstić information content (AvgIpc) is 3.53. The number of ketones is 1. The van der Waals surface area contributed by atoms with Crippen molar-refractivity contribution in [1.82, 2.24) is 0 Å². The van der Waals surface area contributed by atoms with Gasteiger partial charge in [-0.05, 0) is 30.3 Å². The topological polar surface area (TPSA) is 58.2 Å². The number of carboxylic acid groups (broad SMARTS) is 1. The number of hydrogen-bond donors (Lipinski definition) is 1. The quantitative estimate of drug-likeness (QED) is 0.0714. The van der Waals surface area contributed by atoms with Gasteiger partial charge in [0.05, 0.1) is 44.5 Å². The molecule has 7 aromatic rings. The van der Waals surface area contributed by atoms with Gasteiger partial charge in [0.15, 0.2) is 12.4 Å². The minimum Gasteiger partial charge on any atom is -0.477 e. The monoisotopic (exact) mass is 1160 g/mol.